The predicted octanol–water partition coefficient (Wildman–Crippen LogP) is 6.52. The first kappa shape index (κ1) is 23.7. The number of carbonyl (C=O) groups excluding carboxylic acids is 2. The molecule has 0 unspecified atom stereocenters. The molecule has 0 saturated carbocycles. The van der Waals surface area contributed by atoms with Crippen LogP contribution in [0.5, 0.6) is 0 Å². The summed E-state index contributed by atoms with van der Waals surface area (Å²) in [6.45, 7) is 6.30. The molecule has 8 heteroatoms. The summed E-state index contributed by atoms with van der Waals surface area (Å²) in [6.07, 6.45) is -4.55. The number of amides is 2. The van der Waals surface area contributed by atoms with E-state index in [2.05, 4.69) is 17.2 Å². The summed E-state index contributed by atoms with van der Waals surface area (Å²) in [7, 11) is 0. The number of halogens is 4. The van der Waals surface area contributed by atoms with Crippen LogP contribution in [-0.2, 0) is 0 Å². The standard InChI is InChI=1S/C25H20F4N2O2/c1-14-11-19(16(3)25(27,28)29)12-15(2)22(14)31-24(33)18-5-4-6-21(13-18)30-23(32)17-7-9-20(26)10-8-17/h4-13H,3H2,1-2H3,(H,30,32)(H,31,33). The first-order chi connectivity index (χ1) is 15.5. The molecule has 3 rings (SSSR count). The second-order valence-electron chi connectivity index (χ2n) is 7.46. The van der Waals surface area contributed by atoms with Crippen LogP contribution in [0.4, 0.5) is 28.9 Å². The van der Waals surface area contributed by atoms with E-state index in [1.807, 2.05) is 0 Å². The maximum Gasteiger partial charge on any atom is 0.416 e. The van der Waals surface area contributed by atoms with Gasteiger partial charge in [0, 0.05) is 22.5 Å². The topological polar surface area (TPSA) is 58.2 Å². The lowest BCUT2D eigenvalue weighted by Gasteiger charge is -2.16. The van der Waals surface area contributed by atoms with Crippen molar-refractivity contribution in [1.29, 1.82) is 0 Å². The molecule has 0 spiro atoms. The number of hydrogen-bond acceptors (Lipinski definition) is 2. The number of rotatable bonds is 5. The zero-order chi connectivity index (χ0) is 24.3. The molecule has 0 aromatic heterocycles. The van der Waals surface area contributed by atoms with Crippen LogP contribution in [-0.4, -0.2) is 18.0 Å². The van der Waals surface area contributed by atoms with Gasteiger partial charge in [-0.25, -0.2) is 4.39 Å². The van der Waals surface area contributed by atoms with E-state index < -0.39 is 29.4 Å². The summed E-state index contributed by atoms with van der Waals surface area (Å²) in [5.41, 5.74) is 1.08. The Morgan fingerprint density at radius 3 is 1.94 bits per heavy atom. The summed E-state index contributed by atoms with van der Waals surface area (Å²) in [6, 6.07) is 13.8. The maximum atomic E-state index is 13.0. The Morgan fingerprint density at radius 1 is 0.788 bits per heavy atom. The lowest BCUT2D eigenvalue weighted by atomic mass is 9.99. The Balaban J connectivity index is 1.78. The molecule has 0 heterocycles. The summed E-state index contributed by atoms with van der Waals surface area (Å²) in [5.74, 6) is -1.44. The molecule has 33 heavy (non-hydrogen) atoms. The third-order valence-electron chi connectivity index (χ3n) is 4.95. The first-order valence-electron chi connectivity index (χ1n) is 9.82. The van der Waals surface area contributed by atoms with Gasteiger partial charge in [-0.15, -0.1) is 0 Å². The van der Waals surface area contributed by atoms with E-state index in [-0.39, 0.29) is 16.7 Å². The third-order valence-corrected chi connectivity index (χ3v) is 4.95. The number of carbonyl (C=O) groups is 2. The molecule has 2 N–H and O–H groups in total. The monoisotopic (exact) mass is 456 g/mol. The number of allylic oxidation sites excluding steroid dienone is 1. The minimum absolute atomic E-state index is 0.0685. The fourth-order valence-electron chi connectivity index (χ4n) is 3.23. The van der Waals surface area contributed by atoms with Crippen molar-refractivity contribution >= 4 is 28.8 Å². The van der Waals surface area contributed by atoms with E-state index in [9.17, 15) is 27.2 Å². The average Bonchev–Trinajstić information content (AvgIpc) is 2.75. The highest BCUT2D eigenvalue weighted by Gasteiger charge is 2.33. The fraction of sp³-hybridized carbons (Fsp3) is 0.120. The largest absolute Gasteiger partial charge is 0.416 e. The lowest BCUT2D eigenvalue weighted by molar-refractivity contribution is -0.0686. The molecule has 0 aliphatic rings. The summed E-state index contributed by atoms with van der Waals surface area (Å²) < 4.78 is 51.9. The molecule has 0 atom stereocenters. The second-order valence-corrected chi connectivity index (χ2v) is 7.46. The Kier molecular flexibility index (Phi) is 6.67. The van der Waals surface area contributed by atoms with Gasteiger partial charge in [0.1, 0.15) is 5.82 Å². The Hall–Kier alpha value is -3.94. The number of anilines is 2. The minimum Gasteiger partial charge on any atom is -0.322 e. The molecule has 0 saturated heterocycles. The van der Waals surface area contributed by atoms with Crippen molar-refractivity contribution in [2.24, 2.45) is 0 Å². The smallest absolute Gasteiger partial charge is 0.322 e. The van der Waals surface area contributed by atoms with Crippen LogP contribution in [0.1, 0.15) is 37.4 Å². The van der Waals surface area contributed by atoms with Gasteiger partial charge in [-0.3, -0.25) is 9.59 Å². The van der Waals surface area contributed by atoms with Crippen LogP contribution >= 0.6 is 0 Å². The van der Waals surface area contributed by atoms with Crippen molar-refractivity contribution in [3.63, 3.8) is 0 Å². The van der Waals surface area contributed by atoms with E-state index in [1.54, 1.807) is 26.0 Å². The molecular weight excluding hydrogens is 436 g/mol. The van der Waals surface area contributed by atoms with E-state index in [0.717, 1.165) is 0 Å². The molecular formula is C25H20F4N2O2. The highest BCUT2D eigenvalue weighted by molar-refractivity contribution is 6.07. The van der Waals surface area contributed by atoms with Crippen LogP contribution in [0.2, 0.25) is 0 Å². The van der Waals surface area contributed by atoms with Crippen molar-refractivity contribution < 1.29 is 27.2 Å². The van der Waals surface area contributed by atoms with Crippen molar-refractivity contribution in [2.45, 2.75) is 20.0 Å². The van der Waals surface area contributed by atoms with Gasteiger partial charge in [0.15, 0.2) is 0 Å². The van der Waals surface area contributed by atoms with Gasteiger partial charge >= 0.3 is 6.18 Å². The molecule has 4 nitrogen and oxygen atoms in total. The van der Waals surface area contributed by atoms with Crippen LogP contribution in [0.25, 0.3) is 5.57 Å². The Labute approximate surface area is 187 Å². The van der Waals surface area contributed by atoms with Gasteiger partial charge in [-0.1, -0.05) is 12.6 Å². The number of alkyl halides is 3. The van der Waals surface area contributed by atoms with Crippen LogP contribution in [0, 0.1) is 19.7 Å². The SMILES string of the molecule is C=C(c1cc(C)c(NC(=O)c2cccc(NC(=O)c3ccc(F)cc3)c2)c(C)c1)C(F)(F)F. The number of hydrogen-bond donors (Lipinski definition) is 2. The van der Waals surface area contributed by atoms with Crippen molar-refractivity contribution in [3.05, 3.63) is 101 Å². The number of benzene rings is 3. The zero-order valence-corrected chi connectivity index (χ0v) is 17.8. The lowest BCUT2D eigenvalue weighted by Crippen LogP contribution is -2.16. The molecule has 0 radical (unpaired) electrons. The van der Waals surface area contributed by atoms with E-state index in [0.29, 0.717) is 22.5 Å². The molecule has 0 bridgehead atoms. The number of nitrogens with one attached hydrogen (secondary N) is 2. The maximum absolute atomic E-state index is 13.0. The normalized spacial score (nSPS) is 11.1. The highest BCUT2D eigenvalue weighted by atomic mass is 19.4. The van der Waals surface area contributed by atoms with Crippen LogP contribution in [0.15, 0.2) is 67.2 Å². The molecule has 3 aromatic rings. The molecule has 2 amide bonds. The average molecular weight is 456 g/mol. The van der Waals surface area contributed by atoms with Crippen molar-refractivity contribution in [3.8, 4) is 0 Å². The zero-order valence-electron chi connectivity index (χ0n) is 17.8. The van der Waals surface area contributed by atoms with Crippen LogP contribution in [0.3, 0.4) is 0 Å². The van der Waals surface area contributed by atoms with Crippen molar-refractivity contribution in [1.82, 2.24) is 0 Å². The predicted molar refractivity (Wildman–Crippen MR) is 120 cm³/mol. The second kappa shape index (κ2) is 9.28. The quantitative estimate of drug-likeness (QED) is 0.429. The molecule has 170 valence electrons. The molecule has 0 aliphatic carbocycles. The van der Waals surface area contributed by atoms with Crippen LogP contribution < -0.4 is 10.6 Å². The Morgan fingerprint density at radius 2 is 1.36 bits per heavy atom. The van der Waals surface area contributed by atoms with Gasteiger partial charge in [-0.2, -0.15) is 13.2 Å². The molecule has 3 aromatic carbocycles. The van der Waals surface area contributed by atoms with E-state index in [4.69, 9.17) is 0 Å². The highest BCUT2D eigenvalue weighted by Crippen LogP contribution is 2.35. The summed E-state index contributed by atoms with van der Waals surface area (Å²) in [4.78, 5) is 25.1. The van der Waals surface area contributed by atoms with E-state index in [1.165, 1.54) is 48.5 Å². The third kappa shape index (κ3) is 5.65. The summed E-state index contributed by atoms with van der Waals surface area (Å²) in [5, 5.41) is 5.35. The number of aryl methyl sites for hydroxylation is 2. The van der Waals surface area contributed by atoms with E-state index >= 15 is 0 Å². The Bertz CT molecular complexity index is 1210. The molecule has 0 aliphatic heterocycles. The van der Waals surface area contributed by atoms with Gasteiger partial charge in [0.2, 0.25) is 0 Å². The van der Waals surface area contributed by atoms with Crippen molar-refractivity contribution in [2.75, 3.05) is 10.6 Å². The van der Waals surface area contributed by atoms with Gasteiger partial charge in [-0.05, 0) is 85.1 Å². The van der Waals surface area contributed by atoms with Gasteiger partial charge < -0.3 is 10.6 Å². The van der Waals surface area contributed by atoms with Gasteiger partial charge in [0.25, 0.3) is 11.8 Å². The first-order valence-corrected chi connectivity index (χ1v) is 9.82. The minimum atomic E-state index is -4.55. The summed E-state index contributed by atoms with van der Waals surface area (Å²) >= 11 is 0. The fourth-order valence-corrected chi connectivity index (χ4v) is 3.23. The molecule has 0 fully saturated rings. The van der Waals surface area contributed by atoms with Gasteiger partial charge in [0.05, 0.1) is 5.57 Å².